The number of hydrogen-bond donors (Lipinski definition) is 2. The minimum Gasteiger partial charge on any atom is -0.384 e. The standard InChI is InChI=1S/C7H10N2/c8-7(9)6-4-2-1-3-5-6/h1-2,5H,3-4H2,(H3,8,9). The number of nitrogens with two attached hydrogens (primary N) is 1. The Bertz CT molecular complexity index is 177. The van der Waals surface area contributed by atoms with Crippen LogP contribution in [0.3, 0.4) is 0 Å². The number of nitrogens with one attached hydrogen (secondary N) is 1. The molecule has 0 amide bonds. The molecule has 0 saturated carbocycles. The molecule has 2 heteroatoms. The third-order valence-corrected chi connectivity index (χ3v) is 1.35. The van der Waals surface area contributed by atoms with E-state index in [0.29, 0.717) is 0 Å². The highest BCUT2D eigenvalue weighted by Crippen LogP contribution is 2.09. The molecule has 1 aliphatic carbocycles. The Hall–Kier alpha value is -1.05. The van der Waals surface area contributed by atoms with E-state index in [9.17, 15) is 0 Å². The van der Waals surface area contributed by atoms with Gasteiger partial charge in [-0.3, -0.25) is 5.41 Å². The van der Waals surface area contributed by atoms with Crippen LogP contribution in [0.1, 0.15) is 12.8 Å². The summed E-state index contributed by atoms with van der Waals surface area (Å²) in [7, 11) is 0. The van der Waals surface area contributed by atoms with Crippen LogP contribution in [0.5, 0.6) is 0 Å². The van der Waals surface area contributed by atoms with E-state index < -0.39 is 0 Å². The third kappa shape index (κ3) is 1.42. The highest BCUT2D eigenvalue weighted by atomic mass is 14.7. The van der Waals surface area contributed by atoms with Crippen LogP contribution in [0.25, 0.3) is 0 Å². The summed E-state index contributed by atoms with van der Waals surface area (Å²) in [5.74, 6) is 0.208. The summed E-state index contributed by atoms with van der Waals surface area (Å²) in [6.45, 7) is 0. The lowest BCUT2D eigenvalue weighted by molar-refractivity contribution is 1.17. The molecule has 48 valence electrons. The van der Waals surface area contributed by atoms with Crippen LogP contribution < -0.4 is 5.73 Å². The van der Waals surface area contributed by atoms with Crippen LogP contribution in [0.15, 0.2) is 23.8 Å². The largest absolute Gasteiger partial charge is 0.384 e. The molecule has 0 bridgehead atoms. The normalized spacial score (nSPS) is 17.1. The second-order valence-electron chi connectivity index (χ2n) is 2.05. The fraction of sp³-hybridized carbons (Fsp3) is 0.286. The van der Waals surface area contributed by atoms with Crippen LogP contribution in [0, 0.1) is 5.41 Å². The maximum Gasteiger partial charge on any atom is 0.118 e. The first-order valence-corrected chi connectivity index (χ1v) is 2.99. The van der Waals surface area contributed by atoms with E-state index in [1.54, 1.807) is 0 Å². The molecule has 0 aliphatic heterocycles. The van der Waals surface area contributed by atoms with Crippen molar-refractivity contribution >= 4 is 5.84 Å². The van der Waals surface area contributed by atoms with E-state index in [2.05, 4.69) is 6.08 Å². The van der Waals surface area contributed by atoms with Crippen molar-refractivity contribution in [3.05, 3.63) is 23.8 Å². The molecule has 0 fully saturated rings. The van der Waals surface area contributed by atoms with Crippen molar-refractivity contribution in [1.29, 1.82) is 5.41 Å². The summed E-state index contributed by atoms with van der Waals surface area (Å²) in [5.41, 5.74) is 6.20. The average molecular weight is 122 g/mol. The predicted octanol–water partition coefficient (Wildman–Crippen LogP) is 1.20. The van der Waals surface area contributed by atoms with Crippen molar-refractivity contribution < 1.29 is 0 Å². The average Bonchev–Trinajstić information content (AvgIpc) is 1.90. The summed E-state index contributed by atoms with van der Waals surface area (Å²) >= 11 is 0. The Morgan fingerprint density at radius 2 is 2.33 bits per heavy atom. The van der Waals surface area contributed by atoms with Crippen LogP contribution in [-0.4, -0.2) is 5.84 Å². The highest BCUT2D eigenvalue weighted by Gasteiger charge is 1.99. The van der Waals surface area contributed by atoms with E-state index >= 15 is 0 Å². The van der Waals surface area contributed by atoms with Gasteiger partial charge >= 0.3 is 0 Å². The Morgan fingerprint density at radius 3 is 2.67 bits per heavy atom. The van der Waals surface area contributed by atoms with E-state index in [1.165, 1.54) is 0 Å². The minimum absolute atomic E-state index is 0.208. The molecule has 0 aromatic rings. The maximum absolute atomic E-state index is 7.06. The molecule has 3 N–H and O–H groups in total. The molecule has 0 saturated heterocycles. The van der Waals surface area contributed by atoms with Gasteiger partial charge in [-0.25, -0.2) is 0 Å². The zero-order valence-electron chi connectivity index (χ0n) is 5.22. The summed E-state index contributed by atoms with van der Waals surface area (Å²) < 4.78 is 0. The van der Waals surface area contributed by atoms with Gasteiger partial charge in [0.15, 0.2) is 0 Å². The summed E-state index contributed by atoms with van der Waals surface area (Å²) in [6.07, 6.45) is 7.86. The van der Waals surface area contributed by atoms with Gasteiger partial charge in [0, 0.05) is 0 Å². The first-order valence-electron chi connectivity index (χ1n) is 2.99. The molecular weight excluding hydrogens is 112 g/mol. The van der Waals surface area contributed by atoms with Crippen LogP contribution in [-0.2, 0) is 0 Å². The SMILES string of the molecule is N=C(N)C1=CCC=CC1. The van der Waals surface area contributed by atoms with Crippen LogP contribution in [0.4, 0.5) is 0 Å². The number of amidine groups is 1. The minimum atomic E-state index is 0.208. The molecule has 1 rings (SSSR count). The summed E-state index contributed by atoms with van der Waals surface area (Å²) in [4.78, 5) is 0. The number of allylic oxidation sites excluding steroid dienone is 3. The van der Waals surface area contributed by atoms with E-state index in [-0.39, 0.29) is 5.84 Å². The highest BCUT2D eigenvalue weighted by molar-refractivity contribution is 5.94. The van der Waals surface area contributed by atoms with Gasteiger partial charge in [0.05, 0.1) is 0 Å². The number of hydrogen-bond acceptors (Lipinski definition) is 1. The van der Waals surface area contributed by atoms with Crippen molar-refractivity contribution in [3.63, 3.8) is 0 Å². The van der Waals surface area contributed by atoms with Gasteiger partial charge in [0.25, 0.3) is 0 Å². The molecule has 0 unspecified atom stereocenters. The van der Waals surface area contributed by atoms with Gasteiger partial charge in [-0.1, -0.05) is 18.2 Å². The Labute approximate surface area is 54.6 Å². The van der Waals surface area contributed by atoms with Gasteiger partial charge in [0.2, 0.25) is 0 Å². The maximum atomic E-state index is 7.06. The van der Waals surface area contributed by atoms with Crippen molar-refractivity contribution in [3.8, 4) is 0 Å². The molecule has 0 spiro atoms. The van der Waals surface area contributed by atoms with E-state index in [1.807, 2.05) is 12.2 Å². The zero-order valence-corrected chi connectivity index (χ0v) is 5.22. The molecule has 0 heterocycles. The van der Waals surface area contributed by atoms with Crippen molar-refractivity contribution in [1.82, 2.24) is 0 Å². The van der Waals surface area contributed by atoms with Gasteiger partial charge in [-0.05, 0) is 18.4 Å². The Morgan fingerprint density at radius 1 is 1.56 bits per heavy atom. The molecule has 9 heavy (non-hydrogen) atoms. The van der Waals surface area contributed by atoms with Crippen molar-refractivity contribution in [2.24, 2.45) is 5.73 Å². The summed E-state index contributed by atoms with van der Waals surface area (Å²) in [5, 5.41) is 7.06. The molecule has 0 aromatic carbocycles. The Kier molecular flexibility index (Phi) is 1.68. The van der Waals surface area contributed by atoms with Crippen molar-refractivity contribution in [2.75, 3.05) is 0 Å². The lowest BCUT2D eigenvalue weighted by Gasteiger charge is -2.04. The van der Waals surface area contributed by atoms with Crippen LogP contribution >= 0.6 is 0 Å². The quantitative estimate of drug-likeness (QED) is 0.306. The van der Waals surface area contributed by atoms with Gasteiger partial charge in [-0.15, -0.1) is 0 Å². The smallest absolute Gasteiger partial charge is 0.118 e. The predicted molar refractivity (Wildman–Crippen MR) is 38.4 cm³/mol. The van der Waals surface area contributed by atoms with Crippen molar-refractivity contribution in [2.45, 2.75) is 12.8 Å². The topological polar surface area (TPSA) is 49.9 Å². The van der Waals surface area contributed by atoms with Gasteiger partial charge in [0.1, 0.15) is 5.84 Å². The molecule has 1 aliphatic rings. The van der Waals surface area contributed by atoms with Gasteiger partial charge in [-0.2, -0.15) is 0 Å². The fourth-order valence-corrected chi connectivity index (χ4v) is 0.820. The van der Waals surface area contributed by atoms with E-state index in [4.69, 9.17) is 11.1 Å². The monoisotopic (exact) mass is 122 g/mol. The second kappa shape index (κ2) is 2.49. The molecule has 0 atom stereocenters. The van der Waals surface area contributed by atoms with Gasteiger partial charge < -0.3 is 5.73 Å². The number of rotatable bonds is 1. The summed E-state index contributed by atoms with van der Waals surface area (Å²) in [6, 6.07) is 0. The lowest BCUT2D eigenvalue weighted by Crippen LogP contribution is -2.13. The molecular formula is C7H10N2. The molecule has 0 aromatic heterocycles. The Balaban J connectivity index is 2.61. The second-order valence-corrected chi connectivity index (χ2v) is 2.05. The first kappa shape index (κ1) is 6.08. The molecule has 0 radical (unpaired) electrons. The third-order valence-electron chi connectivity index (χ3n) is 1.35. The van der Waals surface area contributed by atoms with E-state index in [0.717, 1.165) is 18.4 Å². The zero-order chi connectivity index (χ0) is 6.69. The molecule has 2 nitrogen and oxygen atoms in total. The van der Waals surface area contributed by atoms with Crippen LogP contribution in [0.2, 0.25) is 0 Å². The lowest BCUT2D eigenvalue weighted by atomic mass is 10.1. The fourth-order valence-electron chi connectivity index (χ4n) is 0.820. The first-order chi connectivity index (χ1) is 4.30.